The highest BCUT2D eigenvalue weighted by atomic mass is 32.2. The monoisotopic (exact) mass is 396 g/mol. The Kier molecular flexibility index (Phi) is 6.46. The van der Waals surface area contributed by atoms with Gasteiger partial charge in [-0.25, -0.2) is 13.1 Å². The third-order valence-electron chi connectivity index (χ3n) is 4.45. The first-order valence-corrected chi connectivity index (χ1v) is 10.5. The SMILES string of the molecule is Cc1ccc(S(=O)(=O)NCC(O)C(Nc2ccccc2)c2ccccc2)cc1. The number of para-hydroxylation sites is 1. The fraction of sp³-hybridized carbons (Fsp3) is 0.182. The number of hydrogen-bond donors (Lipinski definition) is 3. The minimum absolute atomic E-state index is 0.115. The third kappa shape index (κ3) is 5.19. The molecule has 0 spiro atoms. The molecule has 0 radical (unpaired) electrons. The maximum absolute atomic E-state index is 12.5. The minimum atomic E-state index is -3.70. The fourth-order valence-corrected chi connectivity index (χ4v) is 3.94. The van der Waals surface area contributed by atoms with Gasteiger partial charge in [0, 0.05) is 12.2 Å². The Labute approximate surface area is 166 Å². The number of anilines is 1. The molecule has 2 atom stereocenters. The molecule has 0 amide bonds. The second-order valence-electron chi connectivity index (χ2n) is 6.63. The number of benzene rings is 3. The van der Waals surface area contributed by atoms with E-state index in [1.807, 2.05) is 67.6 Å². The van der Waals surface area contributed by atoms with Crippen LogP contribution >= 0.6 is 0 Å². The van der Waals surface area contributed by atoms with Gasteiger partial charge in [-0.1, -0.05) is 66.2 Å². The molecule has 2 unspecified atom stereocenters. The van der Waals surface area contributed by atoms with Crippen LogP contribution in [0.5, 0.6) is 0 Å². The van der Waals surface area contributed by atoms with Crippen LogP contribution in [0.4, 0.5) is 5.69 Å². The van der Waals surface area contributed by atoms with E-state index in [2.05, 4.69) is 10.0 Å². The van der Waals surface area contributed by atoms with E-state index in [0.29, 0.717) is 0 Å². The Morgan fingerprint density at radius 1 is 0.857 bits per heavy atom. The number of rotatable bonds is 8. The standard InChI is InChI=1S/C22H24N2O3S/c1-17-12-14-20(15-13-17)28(26,27)23-16-21(25)22(18-8-4-2-5-9-18)24-19-10-6-3-7-11-19/h2-15,21-25H,16H2,1H3. The van der Waals surface area contributed by atoms with Crippen LogP contribution in [0.3, 0.4) is 0 Å². The molecule has 3 N–H and O–H groups in total. The molecule has 0 fully saturated rings. The molecule has 3 aromatic rings. The fourth-order valence-electron chi connectivity index (χ4n) is 2.89. The second-order valence-corrected chi connectivity index (χ2v) is 8.40. The van der Waals surface area contributed by atoms with Crippen LogP contribution < -0.4 is 10.0 Å². The average molecular weight is 397 g/mol. The lowest BCUT2D eigenvalue weighted by atomic mass is 10.0. The van der Waals surface area contributed by atoms with Crippen molar-refractivity contribution in [3.63, 3.8) is 0 Å². The van der Waals surface area contributed by atoms with Crippen molar-refractivity contribution in [3.8, 4) is 0 Å². The molecule has 5 nitrogen and oxygen atoms in total. The Balaban J connectivity index is 1.75. The van der Waals surface area contributed by atoms with E-state index >= 15 is 0 Å². The third-order valence-corrected chi connectivity index (χ3v) is 5.89. The normalized spacial score (nSPS) is 13.6. The van der Waals surface area contributed by atoms with E-state index in [1.165, 1.54) is 0 Å². The molecule has 0 saturated carbocycles. The van der Waals surface area contributed by atoms with Gasteiger partial charge in [0.25, 0.3) is 0 Å². The predicted octanol–water partition coefficient (Wildman–Crippen LogP) is 3.49. The summed E-state index contributed by atoms with van der Waals surface area (Å²) in [7, 11) is -3.70. The highest BCUT2D eigenvalue weighted by Crippen LogP contribution is 2.23. The number of nitrogens with one attached hydrogen (secondary N) is 2. The summed E-state index contributed by atoms with van der Waals surface area (Å²) in [6.45, 7) is 1.78. The molecule has 0 aliphatic heterocycles. The van der Waals surface area contributed by atoms with Crippen molar-refractivity contribution in [3.05, 3.63) is 96.1 Å². The number of hydrogen-bond acceptors (Lipinski definition) is 4. The summed E-state index contributed by atoms with van der Waals surface area (Å²) in [5.41, 5.74) is 2.69. The first-order valence-electron chi connectivity index (χ1n) is 9.07. The van der Waals surface area contributed by atoms with Crippen LogP contribution in [0.25, 0.3) is 0 Å². The maximum atomic E-state index is 12.5. The summed E-state index contributed by atoms with van der Waals surface area (Å²) in [4.78, 5) is 0.178. The zero-order chi connectivity index (χ0) is 20.0. The molecular weight excluding hydrogens is 372 g/mol. The molecule has 3 rings (SSSR count). The molecule has 0 heterocycles. The van der Waals surface area contributed by atoms with Gasteiger partial charge in [0.2, 0.25) is 10.0 Å². The lowest BCUT2D eigenvalue weighted by Gasteiger charge is -2.26. The van der Waals surface area contributed by atoms with Crippen LogP contribution in [0, 0.1) is 6.92 Å². The summed E-state index contributed by atoms with van der Waals surface area (Å²) in [5.74, 6) is 0. The maximum Gasteiger partial charge on any atom is 0.240 e. The van der Waals surface area contributed by atoms with E-state index in [1.54, 1.807) is 24.3 Å². The van der Waals surface area contributed by atoms with Gasteiger partial charge in [0.05, 0.1) is 17.0 Å². The van der Waals surface area contributed by atoms with Gasteiger partial charge >= 0.3 is 0 Å². The van der Waals surface area contributed by atoms with E-state index in [4.69, 9.17) is 0 Å². The summed E-state index contributed by atoms with van der Waals surface area (Å²) in [6, 6.07) is 25.1. The van der Waals surface area contributed by atoms with E-state index in [-0.39, 0.29) is 11.4 Å². The van der Waals surface area contributed by atoms with Crippen molar-refractivity contribution in [2.45, 2.75) is 24.0 Å². The van der Waals surface area contributed by atoms with Crippen LogP contribution in [0.15, 0.2) is 89.8 Å². The Morgan fingerprint density at radius 3 is 2.04 bits per heavy atom. The second kappa shape index (κ2) is 9.01. The minimum Gasteiger partial charge on any atom is -0.389 e. The van der Waals surface area contributed by atoms with E-state index in [0.717, 1.165) is 16.8 Å². The number of sulfonamides is 1. The highest BCUT2D eigenvalue weighted by Gasteiger charge is 2.23. The predicted molar refractivity (Wildman–Crippen MR) is 112 cm³/mol. The van der Waals surface area contributed by atoms with Gasteiger partial charge in [-0.2, -0.15) is 0 Å². The summed E-state index contributed by atoms with van der Waals surface area (Å²) in [5, 5.41) is 14.1. The van der Waals surface area contributed by atoms with Gasteiger partial charge in [0.1, 0.15) is 0 Å². The molecule has 6 heteroatoms. The summed E-state index contributed by atoms with van der Waals surface area (Å²) >= 11 is 0. The van der Waals surface area contributed by atoms with Gasteiger partial charge in [-0.15, -0.1) is 0 Å². The smallest absolute Gasteiger partial charge is 0.240 e. The van der Waals surface area contributed by atoms with Crippen molar-refractivity contribution >= 4 is 15.7 Å². The largest absolute Gasteiger partial charge is 0.389 e. The molecule has 0 saturated heterocycles. The molecule has 146 valence electrons. The Hall–Kier alpha value is -2.67. The lowest BCUT2D eigenvalue weighted by molar-refractivity contribution is 0.156. The van der Waals surface area contributed by atoms with E-state index < -0.39 is 22.2 Å². The molecule has 0 aliphatic carbocycles. The van der Waals surface area contributed by atoms with E-state index in [9.17, 15) is 13.5 Å². The number of aryl methyl sites for hydroxylation is 1. The molecule has 28 heavy (non-hydrogen) atoms. The zero-order valence-electron chi connectivity index (χ0n) is 15.6. The highest BCUT2D eigenvalue weighted by molar-refractivity contribution is 7.89. The van der Waals surface area contributed by atoms with Crippen molar-refractivity contribution in [1.29, 1.82) is 0 Å². The van der Waals surface area contributed by atoms with Crippen molar-refractivity contribution in [1.82, 2.24) is 4.72 Å². The lowest BCUT2D eigenvalue weighted by Crippen LogP contribution is -2.38. The topological polar surface area (TPSA) is 78.4 Å². The van der Waals surface area contributed by atoms with Crippen molar-refractivity contribution < 1.29 is 13.5 Å². The summed E-state index contributed by atoms with van der Waals surface area (Å²) in [6.07, 6.45) is -0.970. The van der Waals surface area contributed by atoms with Gasteiger partial charge in [-0.05, 0) is 36.8 Å². The van der Waals surface area contributed by atoms with Gasteiger partial charge in [0.15, 0.2) is 0 Å². The average Bonchev–Trinajstić information content (AvgIpc) is 2.72. The molecule has 0 aromatic heterocycles. The zero-order valence-corrected chi connectivity index (χ0v) is 16.4. The van der Waals surface area contributed by atoms with Gasteiger partial charge < -0.3 is 10.4 Å². The van der Waals surface area contributed by atoms with Crippen molar-refractivity contribution in [2.24, 2.45) is 0 Å². The first kappa shape index (κ1) is 20.1. The Morgan fingerprint density at radius 2 is 1.43 bits per heavy atom. The molecule has 0 bridgehead atoms. The van der Waals surface area contributed by atoms with Gasteiger partial charge in [-0.3, -0.25) is 0 Å². The number of aliphatic hydroxyl groups excluding tert-OH is 1. The van der Waals surface area contributed by atoms with Crippen molar-refractivity contribution in [2.75, 3.05) is 11.9 Å². The molecule has 3 aromatic carbocycles. The first-order chi connectivity index (χ1) is 13.5. The molecule has 0 aliphatic rings. The van der Waals surface area contributed by atoms with Crippen LogP contribution in [0.2, 0.25) is 0 Å². The molecular formula is C22H24N2O3S. The van der Waals surface area contributed by atoms with Crippen LogP contribution in [-0.2, 0) is 10.0 Å². The van der Waals surface area contributed by atoms with Crippen LogP contribution in [0.1, 0.15) is 17.2 Å². The summed E-state index contributed by atoms with van der Waals surface area (Å²) < 4.78 is 27.6. The number of aliphatic hydroxyl groups is 1. The quantitative estimate of drug-likeness (QED) is 0.545. The van der Waals surface area contributed by atoms with Crippen LogP contribution in [-0.4, -0.2) is 26.2 Å². The Bertz CT molecular complexity index is 975.